The predicted molar refractivity (Wildman–Crippen MR) is 82.9 cm³/mol. The second-order valence-corrected chi connectivity index (χ2v) is 4.86. The lowest BCUT2D eigenvalue weighted by molar-refractivity contribution is 0.624. The molecule has 1 N–H and O–H groups in total. The van der Waals surface area contributed by atoms with E-state index in [0.717, 1.165) is 22.2 Å². The van der Waals surface area contributed by atoms with Gasteiger partial charge in [-0.3, -0.25) is 0 Å². The van der Waals surface area contributed by atoms with Crippen molar-refractivity contribution in [3.05, 3.63) is 71.2 Å². The summed E-state index contributed by atoms with van der Waals surface area (Å²) in [4.78, 5) is 3.27. The van der Waals surface area contributed by atoms with Crippen molar-refractivity contribution in [2.24, 2.45) is 0 Å². The van der Waals surface area contributed by atoms with Gasteiger partial charge in [-0.2, -0.15) is 5.26 Å². The Hall–Kier alpha value is -2.86. The van der Waals surface area contributed by atoms with Crippen molar-refractivity contribution in [2.75, 3.05) is 0 Å². The number of benzene rings is 2. The largest absolute Gasteiger partial charge is 0.358 e. The van der Waals surface area contributed by atoms with Gasteiger partial charge in [0, 0.05) is 27.7 Å². The molecule has 0 bridgehead atoms. The molecule has 0 fully saturated rings. The van der Waals surface area contributed by atoms with Crippen LogP contribution in [0.25, 0.3) is 22.6 Å². The van der Waals surface area contributed by atoms with Crippen LogP contribution in [0.3, 0.4) is 0 Å². The molecule has 3 aromatic rings. The summed E-state index contributed by atoms with van der Waals surface area (Å²) in [5.74, 6) is -0.386. The highest BCUT2D eigenvalue weighted by Gasteiger charge is 2.10. The molecule has 0 amide bonds. The third-order valence-corrected chi connectivity index (χ3v) is 3.52. The fourth-order valence-electron chi connectivity index (χ4n) is 2.48. The second-order valence-electron chi connectivity index (χ2n) is 4.86. The third kappa shape index (κ3) is 2.32. The number of rotatable bonds is 2. The van der Waals surface area contributed by atoms with Gasteiger partial charge in [-0.25, -0.2) is 4.39 Å². The number of hydrogen-bond donors (Lipinski definition) is 1. The number of aryl methyl sites for hydroxylation is 1. The molecule has 0 aliphatic carbocycles. The van der Waals surface area contributed by atoms with Crippen molar-refractivity contribution in [2.45, 2.75) is 6.92 Å². The molecule has 0 radical (unpaired) electrons. The van der Waals surface area contributed by atoms with Crippen LogP contribution in [0, 0.1) is 24.1 Å². The number of nitriles is 1. The van der Waals surface area contributed by atoms with E-state index >= 15 is 0 Å². The fraction of sp³-hybridized carbons (Fsp3) is 0.0556. The molecule has 0 saturated carbocycles. The summed E-state index contributed by atoms with van der Waals surface area (Å²) in [7, 11) is 0. The van der Waals surface area contributed by atoms with Crippen molar-refractivity contribution in [3.63, 3.8) is 0 Å². The number of aromatic nitrogens is 1. The highest BCUT2D eigenvalue weighted by Crippen LogP contribution is 2.27. The minimum atomic E-state index is -0.386. The van der Waals surface area contributed by atoms with Gasteiger partial charge in [-0.05, 0) is 25.1 Å². The standard InChI is InChI=1S/C18H13FN2/c1-12-16(15-7-3-5-9-18(15)21-12)10-13(11-20)14-6-2-4-8-17(14)19/h2-10,21H,1H3/b13-10-. The molecule has 0 spiro atoms. The van der Waals surface area contributed by atoms with Gasteiger partial charge in [0.1, 0.15) is 5.82 Å². The van der Waals surface area contributed by atoms with Crippen LogP contribution < -0.4 is 0 Å². The lowest BCUT2D eigenvalue weighted by atomic mass is 10.0. The lowest BCUT2D eigenvalue weighted by Crippen LogP contribution is -1.88. The summed E-state index contributed by atoms with van der Waals surface area (Å²) < 4.78 is 13.9. The number of halogens is 1. The first kappa shape index (κ1) is 13.1. The average Bonchev–Trinajstić information content (AvgIpc) is 2.81. The fourth-order valence-corrected chi connectivity index (χ4v) is 2.48. The molecular formula is C18H13FN2. The normalized spacial score (nSPS) is 11.6. The van der Waals surface area contributed by atoms with Crippen LogP contribution in [0.1, 0.15) is 16.8 Å². The summed E-state index contributed by atoms with van der Waals surface area (Å²) in [6, 6.07) is 16.3. The quantitative estimate of drug-likeness (QED) is 0.678. The van der Waals surface area contributed by atoms with Crippen molar-refractivity contribution in [1.29, 1.82) is 5.26 Å². The van der Waals surface area contributed by atoms with Crippen LogP contribution in [-0.4, -0.2) is 4.98 Å². The number of allylic oxidation sites excluding steroid dienone is 1. The minimum Gasteiger partial charge on any atom is -0.358 e. The van der Waals surface area contributed by atoms with Crippen molar-refractivity contribution >= 4 is 22.6 Å². The predicted octanol–water partition coefficient (Wildman–Crippen LogP) is 4.68. The summed E-state index contributed by atoms with van der Waals surface area (Å²) in [5, 5.41) is 10.4. The molecule has 1 heterocycles. The zero-order valence-electron chi connectivity index (χ0n) is 11.5. The molecule has 1 aromatic heterocycles. The first-order chi connectivity index (χ1) is 10.2. The van der Waals surface area contributed by atoms with Gasteiger partial charge in [0.05, 0.1) is 11.6 Å². The van der Waals surface area contributed by atoms with Crippen LogP contribution in [0.15, 0.2) is 48.5 Å². The summed E-state index contributed by atoms with van der Waals surface area (Å²) in [6.07, 6.45) is 1.74. The van der Waals surface area contributed by atoms with Gasteiger partial charge in [0.15, 0.2) is 0 Å². The smallest absolute Gasteiger partial charge is 0.131 e. The number of hydrogen-bond acceptors (Lipinski definition) is 1. The molecule has 21 heavy (non-hydrogen) atoms. The van der Waals surface area contributed by atoms with E-state index in [1.807, 2.05) is 31.2 Å². The molecule has 102 valence electrons. The molecular weight excluding hydrogens is 263 g/mol. The molecule has 0 aliphatic rings. The van der Waals surface area contributed by atoms with E-state index in [0.29, 0.717) is 11.1 Å². The SMILES string of the molecule is Cc1[nH]c2ccccc2c1/C=C(/C#N)c1ccccc1F. The Kier molecular flexibility index (Phi) is 3.29. The van der Waals surface area contributed by atoms with Crippen LogP contribution >= 0.6 is 0 Å². The molecule has 0 aliphatic heterocycles. The average molecular weight is 276 g/mol. The maximum Gasteiger partial charge on any atom is 0.131 e. The zero-order valence-corrected chi connectivity index (χ0v) is 11.5. The molecule has 0 atom stereocenters. The minimum absolute atomic E-state index is 0.320. The van der Waals surface area contributed by atoms with Crippen LogP contribution in [0.4, 0.5) is 4.39 Å². The Labute approximate surface area is 122 Å². The Morgan fingerprint density at radius 2 is 1.86 bits per heavy atom. The Morgan fingerprint density at radius 1 is 1.14 bits per heavy atom. The van der Waals surface area contributed by atoms with Crippen molar-refractivity contribution in [1.82, 2.24) is 4.98 Å². The molecule has 2 nitrogen and oxygen atoms in total. The molecule has 3 rings (SSSR count). The van der Waals surface area contributed by atoms with Gasteiger partial charge in [0.2, 0.25) is 0 Å². The van der Waals surface area contributed by atoms with E-state index in [-0.39, 0.29) is 5.82 Å². The topological polar surface area (TPSA) is 39.6 Å². The number of nitrogens with zero attached hydrogens (tertiary/aromatic N) is 1. The Morgan fingerprint density at radius 3 is 2.62 bits per heavy atom. The number of aromatic amines is 1. The van der Waals surface area contributed by atoms with E-state index in [4.69, 9.17) is 0 Å². The Balaban J connectivity index is 2.21. The van der Waals surface area contributed by atoms with Gasteiger partial charge < -0.3 is 4.98 Å². The van der Waals surface area contributed by atoms with E-state index in [1.54, 1.807) is 24.3 Å². The number of nitrogens with one attached hydrogen (secondary N) is 1. The summed E-state index contributed by atoms with van der Waals surface area (Å²) in [6.45, 7) is 1.95. The van der Waals surface area contributed by atoms with E-state index in [9.17, 15) is 9.65 Å². The van der Waals surface area contributed by atoms with E-state index < -0.39 is 0 Å². The molecule has 2 aromatic carbocycles. The zero-order chi connectivity index (χ0) is 14.8. The van der Waals surface area contributed by atoms with Gasteiger partial charge >= 0.3 is 0 Å². The van der Waals surface area contributed by atoms with Gasteiger partial charge in [-0.15, -0.1) is 0 Å². The lowest BCUT2D eigenvalue weighted by Gasteiger charge is -2.01. The summed E-state index contributed by atoms with van der Waals surface area (Å²) in [5.41, 5.74) is 3.53. The van der Waals surface area contributed by atoms with Crippen LogP contribution in [-0.2, 0) is 0 Å². The van der Waals surface area contributed by atoms with E-state index in [2.05, 4.69) is 11.1 Å². The first-order valence-corrected chi connectivity index (χ1v) is 6.64. The van der Waals surface area contributed by atoms with Gasteiger partial charge in [-0.1, -0.05) is 36.4 Å². The Bertz CT molecular complexity index is 882. The molecule has 3 heteroatoms. The maximum atomic E-state index is 13.9. The van der Waals surface area contributed by atoms with Crippen LogP contribution in [0.2, 0.25) is 0 Å². The molecule has 0 saturated heterocycles. The second kappa shape index (κ2) is 5.26. The van der Waals surface area contributed by atoms with Crippen LogP contribution in [0.5, 0.6) is 0 Å². The number of para-hydroxylation sites is 1. The van der Waals surface area contributed by atoms with E-state index in [1.165, 1.54) is 6.07 Å². The first-order valence-electron chi connectivity index (χ1n) is 6.64. The summed E-state index contributed by atoms with van der Waals surface area (Å²) >= 11 is 0. The third-order valence-electron chi connectivity index (χ3n) is 3.52. The number of fused-ring (bicyclic) bond motifs is 1. The van der Waals surface area contributed by atoms with Crippen molar-refractivity contribution < 1.29 is 4.39 Å². The molecule has 0 unspecified atom stereocenters. The van der Waals surface area contributed by atoms with Crippen molar-refractivity contribution in [3.8, 4) is 6.07 Å². The highest BCUT2D eigenvalue weighted by molar-refractivity contribution is 5.98. The monoisotopic (exact) mass is 276 g/mol. The maximum absolute atomic E-state index is 13.9. The highest BCUT2D eigenvalue weighted by atomic mass is 19.1. The van der Waals surface area contributed by atoms with Gasteiger partial charge in [0.25, 0.3) is 0 Å². The number of H-pyrrole nitrogens is 1.